The lowest BCUT2D eigenvalue weighted by atomic mass is 10.0. The van der Waals surface area contributed by atoms with Gasteiger partial charge in [-0.2, -0.15) is 13.2 Å². The first kappa shape index (κ1) is 23.5. The van der Waals surface area contributed by atoms with Gasteiger partial charge in [0.1, 0.15) is 5.75 Å². The summed E-state index contributed by atoms with van der Waals surface area (Å²) in [5.74, 6) is -0.377. The van der Waals surface area contributed by atoms with Crippen LogP contribution in [0.1, 0.15) is 16.7 Å². The van der Waals surface area contributed by atoms with Gasteiger partial charge in [0.15, 0.2) is 0 Å². The molecule has 2 heterocycles. The fourth-order valence-electron chi connectivity index (χ4n) is 3.43. The van der Waals surface area contributed by atoms with E-state index in [1.54, 1.807) is 30.6 Å². The van der Waals surface area contributed by atoms with Crippen molar-refractivity contribution in [3.05, 3.63) is 89.7 Å². The minimum atomic E-state index is -4.82. The maximum Gasteiger partial charge on any atom is 0.573 e. The Labute approximate surface area is 190 Å². The van der Waals surface area contributed by atoms with Crippen molar-refractivity contribution in [1.29, 1.82) is 0 Å². The van der Waals surface area contributed by atoms with Crippen molar-refractivity contribution >= 4 is 10.9 Å². The summed E-state index contributed by atoms with van der Waals surface area (Å²) in [6.07, 6.45) is -6.04. The topological polar surface area (TPSA) is 47.0 Å². The van der Waals surface area contributed by atoms with Gasteiger partial charge in [-0.3, -0.25) is 4.98 Å². The highest BCUT2D eigenvalue weighted by molar-refractivity contribution is 5.84. The smallest absolute Gasteiger partial charge is 0.406 e. The first-order valence-electron chi connectivity index (χ1n) is 10.1. The molecule has 0 atom stereocenters. The lowest BCUT2D eigenvalue weighted by Gasteiger charge is -2.14. The molecule has 0 fully saturated rings. The highest BCUT2D eigenvalue weighted by Crippen LogP contribution is 2.31. The summed E-state index contributed by atoms with van der Waals surface area (Å²) in [6.45, 7) is 0.621. The molecule has 4 rings (SSSR count). The number of ether oxygens (including phenoxy) is 1. The molecule has 1 N–H and O–H groups in total. The Morgan fingerprint density at radius 2 is 1.62 bits per heavy atom. The standard InChI is InChI=1S/C24H17F6N3O/c25-23(26,27)19-6-3-15(4-7-19)12-32-14-18-10-16-5-8-20(34-24(28,29)30)11-21(16)33-22(18)17-2-1-9-31-13-17/h1-11,13,32H,12,14H2. The van der Waals surface area contributed by atoms with Crippen LogP contribution in [0.2, 0.25) is 0 Å². The molecule has 0 saturated carbocycles. The van der Waals surface area contributed by atoms with E-state index < -0.39 is 18.1 Å². The summed E-state index contributed by atoms with van der Waals surface area (Å²) < 4.78 is 80.0. The molecule has 0 spiro atoms. The highest BCUT2D eigenvalue weighted by atomic mass is 19.4. The van der Waals surface area contributed by atoms with E-state index in [-0.39, 0.29) is 5.75 Å². The number of halogens is 6. The van der Waals surface area contributed by atoms with Crippen molar-refractivity contribution in [2.24, 2.45) is 0 Å². The minimum absolute atomic E-state index is 0.307. The lowest BCUT2D eigenvalue weighted by molar-refractivity contribution is -0.274. The minimum Gasteiger partial charge on any atom is -0.406 e. The molecule has 0 bridgehead atoms. The Morgan fingerprint density at radius 1 is 0.853 bits per heavy atom. The second-order valence-electron chi connectivity index (χ2n) is 7.44. The molecule has 4 aromatic rings. The fourth-order valence-corrected chi connectivity index (χ4v) is 3.43. The van der Waals surface area contributed by atoms with E-state index in [4.69, 9.17) is 0 Å². The van der Waals surface area contributed by atoms with Crippen molar-refractivity contribution in [2.75, 3.05) is 0 Å². The van der Waals surface area contributed by atoms with Gasteiger partial charge >= 0.3 is 12.5 Å². The van der Waals surface area contributed by atoms with Gasteiger partial charge in [-0.15, -0.1) is 13.2 Å². The van der Waals surface area contributed by atoms with Gasteiger partial charge in [-0.05, 0) is 53.6 Å². The maximum absolute atomic E-state index is 12.7. The fraction of sp³-hybridized carbons (Fsp3) is 0.167. The highest BCUT2D eigenvalue weighted by Gasteiger charge is 2.31. The van der Waals surface area contributed by atoms with E-state index in [1.165, 1.54) is 30.3 Å². The molecular weight excluding hydrogens is 460 g/mol. The average Bonchev–Trinajstić information content (AvgIpc) is 2.78. The number of hydrogen-bond acceptors (Lipinski definition) is 4. The monoisotopic (exact) mass is 477 g/mol. The van der Waals surface area contributed by atoms with E-state index in [0.29, 0.717) is 40.8 Å². The van der Waals surface area contributed by atoms with Crippen molar-refractivity contribution in [2.45, 2.75) is 25.6 Å². The second-order valence-corrected chi connectivity index (χ2v) is 7.44. The normalized spacial score (nSPS) is 12.2. The third-order valence-corrected chi connectivity index (χ3v) is 4.96. The van der Waals surface area contributed by atoms with E-state index in [2.05, 4.69) is 20.0 Å². The number of benzene rings is 2. The zero-order valence-corrected chi connectivity index (χ0v) is 17.4. The summed E-state index contributed by atoms with van der Waals surface area (Å²) in [5.41, 5.74) is 2.19. The molecule has 0 radical (unpaired) electrons. The largest absolute Gasteiger partial charge is 0.573 e. The van der Waals surface area contributed by atoms with Gasteiger partial charge in [0.2, 0.25) is 0 Å². The van der Waals surface area contributed by atoms with Crippen LogP contribution in [-0.2, 0) is 19.3 Å². The SMILES string of the molecule is FC(F)(F)Oc1ccc2cc(CNCc3ccc(C(F)(F)F)cc3)c(-c3cccnc3)nc2c1. The molecule has 0 aliphatic rings. The predicted octanol–water partition coefficient (Wildman–Crippen LogP) is 6.50. The zero-order chi connectivity index (χ0) is 24.3. The van der Waals surface area contributed by atoms with Crippen LogP contribution in [0.15, 0.2) is 73.1 Å². The van der Waals surface area contributed by atoms with Crippen molar-refractivity contribution in [3.63, 3.8) is 0 Å². The lowest BCUT2D eigenvalue weighted by Crippen LogP contribution is -2.17. The van der Waals surface area contributed by atoms with E-state index in [9.17, 15) is 26.3 Å². The Morgan fingerprint density at radius 3 is 2.26 bits per heavy atom. The van der Waals surface area contributed by atoms with Gasteiger partial charge in [0.25, 0.3) is 0 Å². The van der Waals surface area contributed by atoms with Crippen molar-refractivity contribution in [3.8, 4) is 17.0 Å². The quantitative estimate of drug-likeness (QED) is 0.322. The van der Waals surface area contributed by atoms with Crippen LogP contribution in [0.5, 0.6) is 5.75 Å². The van der Waals surface area contributed by atoms with Crippen molar-refractivity contribution < 1.29 is 31.1 Å². The third kappa shape index (κ3) is 5.82. The van der Waals surface area contributed by atoms with Gasteiger partial charge < -0.3 is 10.1 Å². The number of rotatable bonds is 6. The van der Waals surface area contributed by atoms with Gasteiger partial charge in [-0.25, -0.2) is 4.98 Å². The number of nitrogens with one attached hydrogen (secondary N) is 1. The number of aromatic nitrogens is 2. The number of nitrogens with zero attached hydrogens (tertiary/aromatic N) is 2. The third-order valence-electron chi connectivity index (χ3n) is 4.96. The van der Waals surface area contributed by atoms with Crippen LogP contribution in [-0.4, -0.2) is 16.3 Å². The molecule has 0 unspecified atom stereocenters. The number of alkyl halides is 6. The number of hydrogen-bond donors (Lipinski definition) is 1. The number of pyridine rings is 2. The summed E-state index contributed by atoms with van der Waals surface area (Å²) >= 11 is 0. The molecule has 0 amide bonds. The van der Waals surface area contributed by atoms with Gasteiger partial charge in [0, 0.05) is 42.5 Å². The maximum atomic E-state index is 12.7. The second kappa shape index (κ2) is 9.30. The Kier molecular flexibility index (Phi) is 6.43. The molecule has 0 aliphatic heterocycles. The summed E-state index contributed by atoms with van der Waals surface area (Å²) in [6, 6.07) is 14.0. The molecule has 2 aromatic carbocycles. The molecular formula is C24H17F6N3O. The summed E-state index contributed by atoms with van der Waals surface area (Å²) in [5, 5.41) is 3.78. The molecule has 0 saturated heterocycles. The summed E-state index contributed by atoms with van der Waals surface area (Å²) in [7, 11) is 0. The van der Waals surface area contributed by atoms with Gasteiger partial charge in [-0.1, -0.05) is 12.1 Å². The summed E-state index contributed by atoms with van der Waals surface area (Å²) in [4.78, 5) is 8.63. The molecule has 4 nitrogen and oxygen atoms in total. The van der Waals surface area contributed by atoms with Crippen LogP contribution in [0.4, 0.5) is 26.3 Å². The van der Waals surface area contributed by atoms with Crippen molar-refractivity contribution in [1.82, 2.24) is 15.3 Å². The Hall–Kier alpha value is -3.66. The van der Waals surface area contributed by atoms with Crippen LogP contribution in [0.3, 0.4) is 0 Å². The predicted molar refractivity (Wildman–Crippen MR) is 114 cm³/mol. The van der Waals surface area contributed by atoms with Crippen LogP contribution >= 0.6 is 0 Å². The molecule has 176 valence electrons. The first-order chi connectivity index (χ1) is 16.1. The molecule has 10 heteroatoms. The van der Waals surface area contributed by atoms with E-state index in [1.807, 2.05) is 0 Å². The van der Waals surface area contributed by atoms with Crippen LogP contribution < -0.4 is 10.1 Å². The average molecular weight is 477 g/mol. The Bertz CT molecular complexity index is 1270. The zero-order valence-electron chi connectivity index (χ0n) is 17.4. The van der Waals surface area contributed by atoms with Crippen LogP contribution in [0, 0.1) is 0 Å². The van der Waals surface area contributed by atoms with Crippen LogP contribution in [0.25, 0.3) is 22.2 Å². The number of fused-ring (bicyclic) bond motifs is 1. The van der Waals surface area contributed by atoms with E-state index in [0.717, 1.165) is 17.7 Å². The molecule has 34 heavy (non-hydrogen) atoms. The molecule has 2 aromatic heterocycles. The van der Waals surface area contributed by atoms with Gasteiger partial charge in [0.05, 0.1) is 16.8 Å². The first-order valence-corrected chi connectivity index (χ1v) is 10.1. The molecule has 0 aliphatic carbocycles. The Balaban J connectivity index is 1.59. The van der Waals surface area contributed by atoms with E-state index >= 15 is 0 Å².